The van der Waals surface area contributed by atoms with Gasteiger partial charge in [0.05, 0.1) is 7.11 Å². The number of rotatable bonds is 2. The van der Waals surface area contributed by atoms with Crippen LogP contribution in [0.3, 0.4) is 0 Å². The summed E-state index contributed by atoms with van der Waals surface area (Å²) < 4.78 is 4.42. The van der Waals surface area contributed by atoms with Gasteiger partial charge >= 0.3 is 5.97 Å². The molecule has 0 aliphatic heterocycles. The second-order valence-electron chi connectivity index (χ2n) is 2.17. The van der Waals surface area contributed by atoms with Crippen molar-refractivity contribution in [2.24, 2.45) is 5.92 Å². The molecule has 0 saturated heterocycles. The zero-order valence-corrected chi connectivity index (χ0v) is 6.83. The molecule has 0 aliphatic rings. The topological polar surface area (TPSA) is 26.3 Å². The molecule has 9 heavy (non-hydrogen) atoms. The number of halogens is 1. The molecule has 2 nitrogen and oxygen atoms in total. The smallest absolute Gasteiger partial charge is 0.305 e. The molecule has 0 aliphatic carbocycles. The van der Waals surface area contributed by atoms with Crippen LogP contribution in [0.5, 0.6) is 0 Å². The maximum absolute atomic E-state index is 10.4. The van der Waals surface area contributed by atoms with Gasteiger partial charge in [0.2, 0.25) is 0 Å². The number of methoxy groups -OCH3 is 1. The summed E-state index contributed by atoms with van der Waals surface area (Å²) in [6.45, 7) is 3.97. The van der Waals surface area contributed by atoms with E-state index in [1.807, 2.05) is 13.8 Å². The predicted molar refractivity (Wildman–Crippen MR) is 38.7 cm³/mol. The molecule has 0 aromatic rings. The summed E-state index contributed by atoms with van der Waals surface area (Å²) in [5.74, 6) is 0.280. The van der Waals surface area contributed by atoms with E-state index in [4.69, 9.17) is 0 Å². The van der Waals surface area contributed by atoms with E-state index in [0.29, 0.717) is 12.3 Å². The van der Waals surface area contributed by atoms with E-state index in [-0.39, 0.29) is 18.4 Å². The monoisotopic (exact) mass is 152 g/mol. The van der Waals surface area contributed by atoms with Crippen LogP contribution in [0.4, 0.5) is 0 Å². The summed E-state index contributed by atoms with van der Waals surface area (Å²) >= 11 is 0. The lowest BCUT2D eigenvalue weighted by Gasteiger charge is -1.99. The second-order valence-corrected chi connectivity index (χ2v) is 2.17. The molecule has 56 valence electrons. The summed E-state index contributed by atoms with van der Waals surface area (Å²) in [7, 11) is 1.41. The molecule has 0 bridgehead atoms. The number of hydrogen-bond donors (Lipinski definition) is 0. The van der Waals surface area contributed by atoms with Gasteiger partial charge < -0.3 is 4.74 Å². The van der Waals surface area contributed by atoms with Crippen molar-refractivity contribution in [3.8, 4) is 0 Å². The van der Waals surface area contributed by atoms with Crippen molar-refractivity contribution in [2.75, 3.05) is 7.11 Å². The molecule has 0 atom stereocenters. The highest BCUT2D eigenvalue weighted by atomic mass is 35.5. The van der Waals surface area contributed by atoms with E-state index < -0.39 is 0 Å². The van der Waals surface area contributed by atoms with Gasteiger partial charge in [-0.25, -0.2) is 0 Å². The van der Waals surface area contributed by atoms with Gasteiger partial charge in [0, 0.05) is 6.42 Å². The van der Waals surface area contributed by atoms with Crippen LogP contribution < -0.4 is 0 Å². The van der Waals surface area contributed by atoms with E-state index in [1.165, 1.54) is 7.11 Å². The Morgan fingerprint density at radius 3 is 2.11 bits per heavy atom. The third kappa shape index (κ3) is 7.76. The fourth-order valence-corrected chi connectivity index (χ4v) is 0.417. The van der Waals surface area contributed by atoms with Gasteiger partial charge in [-0.2, -0.15) is 0 Å². The Labute approximate surface area is 62.0 Å². The zero-order chi connectivity index (χ0) is 6.57. The summed E-state index contributed by atoms with van der Waals surface area (Å²) in [6.07, 6.45) is 0.524. The third-order valence-corrected chi connectivity index (χ3v) is 0.803. The van der Waals surface area contributed by atoms with Crippen LogP contribution in [0, 0.1) is 5.92 Å². The van der Waals surface area contributed by atoms with Gasteiger partial charge in [-0.15, -0.1) is 12.4 Å². The van der Waals surface area contributed by atoms with Gasteiger partial charge in [0.25, 0.3) is 0 Å². The Hall–Kier alpha value is -0.240. The summed E-state index contributed by atoms with van der Waals surface area (Å²) in [6, 6.07) is 0. The summed E-state index contributed by atoms with van der Waals surface area (Å²) in [5, 5.41) is 0. The number of carbonyl (C=O) groups is 1. The van der Waals surface area contributed by atoms with Crippen molar-refractivity contribution in [2.45, 2.75) is 20.3 Å². The van der Waals surface area contributed by atoms with Crippen LogP contribution in [-0.2, 0) is 9.53 Å². The SMILES string of the molecule is COC(=O)CC(C)C.Cl. The first-order valence-corrected chi connectivity index (χ1v) is 2.73. The highest BCUT2D eigenvalue weighted by Crippen LogP contribution is 1.98. The van der Waals surface area contributed by atoms with Gasteiger partial charge in [0.1, 0.15) is 0 Å². The lowest BCUT2D eigenvalue weighted by Crippen LogP contribution is -2.03. The first-order chi connectivity index (χ1) is 3.66. The Morgan fingerprint density at radius 2 is 2.00 bits per heavy atom. The predicted octanol–water partition coefficient (Wildman–Crippen LogP) is 1.63. The molecule has 0 aromatic heterocycles. The minimum atomic E-state index is -0.125. The molecule has 0 radical (unpaired) electrons. The largest absolute Gasteiger partial charge is 0.469 e. The zero-order valence-electron chi connectivity index (χ0n) is 6.01. The fourth-order valence-electron chi connectivity index (χ4n) is 0.417. The minimum absolute atomic E-state index is 0. The molecule has 0 fully saturated rings. The van der Waals surface area contributed by atoms with E-state index in [0.717, 1.165) is 0 Å². The van der Waals surface area contributed by atoms with Gasteiger partial charge in [0.15, 0.2) is 0 Å². The summed E-state index contributed by atoms with van der Waals surface area (Å²) in [5.41, 5.74) is 0. The second kappa shape index (κ2) is 5.89. The van der Waals surface area contributed by atoms with Crippen LogP contribution in [0.2, 0.25) is 0 Å². The normalized spacial score (nSPS) is 8.44. The number of ether oxygens (including phenoxy) is 1. The average molecular weight is 153 g/mol. The highest BCUT2D eigenvalue weighted by molar-refractivity contribution is 5.85. The first kappa shape index (κ1) is 11.5. The lowest BCUT2D eigenvalue weighted by atomic mass is 10.1. The van der Waals surface area contributed by atoms with Crippen LogP contribution in [0.15, 0.2) is 0 Å². The Balaban J connectivity index is 0. The quantitative estimate of drug-likeness (QED) is 0.563. The van der Waals surface area contributed by atoms with Crippen molar-refractivity contribution in [1.82, 2.24) is 0 Å². The van der Waals surface area contributed by atoms with Gasteiger partial charge in [-0.05, 0) is 5.92 Å². The van der Waals surface area contributed by atoms with Crippen molar-refractivity contribution in [3.63, 3.8) is 0 Å². The molecular weight excluding hydrogens is 140 g/mol. The molecule has 0 rings (SSSR count). The first-order valence-electron chi connectivity index (χ1n) is 2.73. The van der Waals surface area contributed by atoms with Crippen molar-refractivity contribution >= 4 is 18.4 Å². The van der Waals surface area contributed by atoms with E-state index in [1.54, 1.807) is 0 Å². The third-order valence-electron chi connectivity index (χ3n) is 0.803. The molecule has 0 saturated carbocycles. The highest BCUT2D eigenvalue weighted by Gasteiger charge is 2.01. The van der Waals surface area contributed by atoms with Crippen LogP contribution in [0.25, 0.3) is 0 Å². The Bertz CT molecular complexity index is 81.1. The van der Waals surface area contributed by atoms with Crippen LogP contribution in [-0.4, -0.2) is 13.1 Å². The molecule has 0 unspecified atom stereocenters. The molecular formula is C6H13ClO2. The maximum atomic E-state index is 10.4. The molecule has 0 heterocycles. The molecule has 0 aromatic carbocycles. The number of carbonyl (C=O) groups excluding carboxylic acids is 1. The number of esters is 1. The average Bonchev–Trinajstić information content (AvgIpc) is 1.65. The van der Waals surface area contributed by atoms with Gasteiger partial charge in [-0.3, -0.25) is 4.79 Å². The standard InChI is InChI=1S/C6H12O2.ClH/c1-5(2)4-6(7)8-3;/h5H,4H2,1-3H3;1H. The molecule has 0 spiro atoms. The Morgan fingerprint density at radius 1 is 1.56 bits per heavy atom. The maximum Gasteiger partial charge on any atom is 0.305 e. The molecule has 3 heteroatoms. The van der Waals surface area contributed by atoms with E-state index in [2.05, 4.69) is 4.74 Å². The van der Waals surface area contributed by atoms with Crippen LogP contribution >= 0.6 is 12.4 Å². The fraction of sp³-hybridized carbons (Fsp3) is 0.833. The van der Waals surface area contributed by atoms with E-state index in [9.17, 15) is 4.79 Å². The van der Waals surface area contributed by atoms with Crippen molar-refractivity contribution in [1.29, 1.82) is 0 Å². The lowest BCUT2D eigenvalue weighted by molar-refractivity contribution is -0.141. The van der Waals surface area contributed by atoms with Crippen LogP contribution in [0.1, 0.15) is 20.3 Å². The minimum Gasteiger partial charge on any atom is -0.469 e. The van der Waals surface area contributed by atoms with Gasteiger partial charge in [-0.1, -0.05) is 13.8 Å². The Kier molecular flexibility index (Phi) is 7.55. The summed E-state index contributed by atoms with van der Waals surface area (Å²) in [4.78, 5) is 10.4. The van der Waals surface area contributed by atoms with Crippen molar-refractivity contribution < 1.29 is 9.53 Å². The number of hydrogen-bond acceptors (Lipinski definition) is 2. The van der Waals surface area contributed by atoms with E-state index >= 15 is 0 Å². The molecule has 0 amide bonds. The molecule has 0 N–H and O–H groups in total. The van der Waals surface area contributed by atoms with Crippen molar-refractivity contribution in [3.05, 3.63) is 0 Å².